The van der Waals surface area contributed by atoms with E-state index in [4.69, 9.17) is 14.6 Å². The van der Waals surface area contributed by atoms with Crippen LogP contribution in [0.5, 0.6) is 5.75 Å². The fraction of sp³-hybridized carbons (Fsp3) is 0.643. The molecular weight excluding hydrogens is 310 g/mol. The number of aromatic hydroxyl groups is 1. The normalized spacial score (nSPS) is 31.3. The van der Waals surface area contributed by atoms with E-state index in [1.807, 2.05) is 0 Å². The zero-order valence-corrected chi connectivity index (χ0v) is 12.5. The summed E-state index contributed by atoms with van der Waals surface area (Å²) in [6, 6.07) is 0. The Balaban J connectivity index is 2.13. The topological polar surface area (TPSA) is 153 Å². The first-order valence-corrected chi connectivity index (χ1v) is 7.10. The molecule has 0 saturated carbocycles. The van der Waals surface area contributed by atoms with Gasteiger partial charge in [0.2, 0.25) is 0 Å². The van der Waals surface area contributed by atoms with Gasteiger partial charge in [-0.05, 0) is 6.92 Å². The van der Waals surface area contributed by atoms with Gasteiger partial charge in [-0.15, -0.1) is 0 Å². The number of hydrogen-bond acceptors (Lipinski definition) is 9. The molecular formula is C14H21NO8. The molecule has 6 N–H and O–H groups in total. The minimum Gasteiger partial charge on any atom is -0.506 e. The Bertz CT molecular complexity index is 538. The molecule has 0 aromatic carbocycles. The van der Waals surface area contributed by atoms with Gasteiger partial charge in [0.15, 0.2) is 6.29 Å². The van der Waals surface area contributed by atoms with Crippen LogP contribution >= 0.6 is 0 Å². The van der Waals surface area contributed by atoms with Crippen molar-refractivity contribution in [3.63, 3.8) is 0 Å². The first-order valence-electron chi connectivity index (χ1n) is 7.10. The zero-order chi connectivity index (χ0) is 17.1. The second-order valence-corrected chi connectivity index (χ2v) is 5.36. The van der Waals surface area contributed by atoms with Crippen LogP contribution in [0.3, 0.4) is 0 Å². The van der Waals surface area contributed by atoms with Gasteiger partial charge in [0, 0.05) is 17.3 Å². The van der Waals surface area contributed by atoms with Crippen LogP contribution in [0.1, 0.15) is 16.8 Å². The first-order chi connectivity index (χ1) is 10.9. The third-order valence-electron chi connectivity index (χ3n) is 3.84. The third-order valence-corrected chi connectivity index (χ3v) is 3.84. The highest BCUT2D eigenvalue weighted by molar-refractivity contribution is 5.40. The van der Waals surface area contributed by atoms with E-state index in [0.717, 1.165) is 0 Å². The maximum Gasteiger partial charge on any atom is 0.187 e. The molecule has 0 radical (unpaired) electrons. The molecule has 0 amide bonds. The van der Waals surface area contributed by atoms with E-state index in [1.165, 1.54) is 6.20 Å². The van der Waals surface area contributed by atoms with E-state index < -0.39 is 37.3 Å². The SMILES string of the molecule is Cc1ncc(CO)c(CO[C@@H]2O[C@H](CO)[C@H](O)[C@H](O)[C@H]2O)c1O. The van der Waals surface area contributed by atoms with Gasteiger partial charge in [0.1, 0.15) is 30.2 Å². The number of aliphatic hydroxyl groups excluding tert-OH is 5. The van der Waals surface area contributed by atoms with Crippen molar-refractivity contribution < 1.29 is 40.1 Å². The molecule has 1 fully saturated rings. The summed E-state index contributed by atoms with van der Waals surface area (Å²) in [7, 11) is 0. The number of aromatic nitrogens is 1. The molecule has 9 heteroatoms. The summed E-state index contributed by atoms with van der Waals surface area (Å²) in [6.45, 7) is 0.419. The van der Waals surface area contributed by atoms with Gasteiger partial charge >= 0.3 is 0 Å². The highest BCUT2D eigenvalue weighted by atomic mass is 16.7. The maximum absolute atomic E-state index is 10.0. The van der Waals surface area contributed by atoms with Gasteiger partial charge in [0.05, 0.1) is 25.5 Å². The van der Waals surface area contributed by atoms with Gasteiger partial charge < -0.3 is 40.1 Å². The van der Waals surface area contributed by atoms with Crippen LogP contribution in [0.4, 0.5) is 0 Å². The molecule has 130 valence electrons. The molecule has 2 rings (SSSR count). The molecule has 0 bridgehead atoms. The number of aliphatic hydroxyl groups is 5. The Morgan fingerprint density at radius 1 is 1.17 bits per heavy atom. The second-order valence-electron chi connectivity index (χ2n) is 5.36. The van der Waals surface area contributed by atoms with Crippen molar-refractivity contribution in [3.05, 3.63) is 23.0 Å². The summed E-state index contributed by atoms with van der Waals surface area (Å²) in [4.78, 5) is 3.91. The van der Waals surface area contributed by atoms with Crippen LogP contribution in [-0.2, 0) is 22.7 Å². The van der Waals surface area contributed by atoms with Crippen LogP contribution in [0.2, 0.25) is 0 Å². The zero-order valence-electron chi connectivity index (χ0n) is 12.5. The van der Waals surface area contributed by atoms with E-state index in [2.05, 4.69) is 4.98 Å². The van der Waals surface area contributed by atoms with Crippen molar-refractivity contribution in [2.75, 3.05) is 6.61 Å². The Kier molecular flexibility index (Phi) is 5.87. The van der Waals surface area contributed by atoms with Crippen molar-refractivity contribution in [2.45, 2.75) is 50.8 Å². The Morgan fingerprint density at radius 3 is 2.48 bits per heavy atom. The number of nitrogens with zero attached hydrogens (tertiary/aromatic N) is 1. The smallest absolute Gasteiger partial charge is 0.187 e. The lowest BCUT2D eigenvalue weighted by molar-refractivity contribution is -0.304. The summed E-state index contributed by atoms with van der Waals surface area (Å²) in [5.41, 5.74) is 0.962. The molecule has 23 heavy (non-hydrogen) atoms. The number of pyridine rings is 1. The van der Waals surface area contributed by atoms with Crippen molar-refractivity contribution in [1.82, 2.24) is 4.98 Å². The Hall–Kier alpha value is -1.33. The van der Waals surface area contributed by atoms with Gasteiger partial charge in [-0.1, -0.05) is 0 Å². The predicted octanol–water partition coefficient (Wildman–Crippen LogP) is -2.10. The van der Waals surface area contributed by atoms with Crippen LogP contribution in [-0.4, -0.2) is 72.9 Å². The monoisotopic (exact) mass is 331 g/mol. The molecule has 1 aliphatic heterocycles. The van der Waals surface area contributed by atoms with Crippen molar-refractivity contribution in [2.24, 2.45) is 0 Å². The molecule has 0 spiro atoms. The van der Waals surface area contributed by atoms with E-state index in [0.29, 0.717) is 11.3 Å². The van der Waals surface area contributed by atoms with Gasteiger partial charge in [0.25, 0.3) is 0 Å². The Morgan fingerprint density at radius 2 is 1.87 bits per heavy atom. The predicted molar refractivity (Wildman–Crippen MR) is 75.1 cm³/mol. The molecule has 1 aromatic rings. The fourth-order valence-corrected chi connectivity index (χ4v) is 2.35. The van der Waals surface area contributed by atoms with Gasteiger partial charge in [-0.2, -0.15) is 0 Å². The standard InChI is InChI=1S/C14H21NO8/c1-6-10(18)8(7(3-16)2-15-6)5-22-14-13(21)12(20)11(19)9(4-17)23-14/h2,9,11-14,16-21H,3-5H2,1H3/t9-,11+,12+,13-,14-/m1/s1. The van der Waals surface area contributed by atoms with Crippen molar-refractivity contribution >= 4 is 0 Å². The molecule has 9 nitrogen and oxygen atoms in total. The van der Waals surface area contributed by atoms with Crippen LogP contribution < -0.4 is 0 Å². The number of ether oxygens (including phenoxy) is 2. The minimum absolute atomic E-state index is 0.152. The summed E-state index contributed by atoms with van der Waals surface area (Å²) >= 11 is 0. The molecule has 0 aliphatic carbocycles. The first kappa shape index (κ1) is 18.0. The maximum atomic E-state index is 10.0. The molecule has 1 aromatic heterocycles. The number of rotatable bonds is 5. The molecule has 2 heterocycles. The lowest BCUT2D eigenvalue weighted by Crippen LogP contribution is -2.59. The minimum atomic E-state index is -1.55. The highest BCUT2D eigenvalue weighted by Crippen LogP contribution is 2.27. The average Bonchev–Trinajstić information content (AvgIpc) is 2.55. The van der Waals surface area contributed by atoms with Crippen LogP contribution in [0, 0.1) is 6.92 Å². The Labute approximate surface area is 132 Å². The lowest BCUT2D eigenvalue weighted by Gasteiger charge is -2.39. The van der Waals surface area contributed by atoms with E-state index in [1.54, 1.807) is 6.92 Å². The number of hydrogen-bond donors (Lipinski definition) is 6. The highest BCUT2D eigenvalue weighted by Gasteiger charge is 2.44. The van der Waals surface area contributed by atoms with Crippen LogP contribution in [0.25, 0.3) is 0 Å². The van der Waals surface area contributed by atoms with Gasteiger partial charge in [-0.3, -0.25) is 4.98 Å². The summed E-state index contributed by atoms with van der Waals surface area (Å²) in [6.07, 6.45) is -5.56. The van der Waals surface area contributed by atoms with Gasteiger partial charge in [-0.25, -0.2) is 0 Å². The third kappa shape index (κ3) is 3.61. The quantitative estimate of drug-likeness (QED) is 0.356. The number of aryl methyl sites for hydroxylation is 1. The van der Waals surface area contributed by atoms with E-state index in [-0.39, 0.29) is 24.5 Å². The van der Waals surface area contributed by atoms with Crippen molar-refractivity contribution in [3.8, 4) is 5.75 Å². The summed E-state index contributed by atoms with van der Waals surface area (Å²) in [5, 5.41) is 57.7. The van der Waals surface area contributed by atoms with E-state index >= 15 is 0 Å². The van der Waals surface area contributed by atoms with E-state index in [9.17, 15) is 25.5 Å². The average molecular weight is 331 g/mol. The molecule has 0 unspecified atom stereocenters. The van der Waals surface area contributed by atoms with Crippen molar-refractivity contribution in [1.29, 1.82) is 0 Å². The largest absolute Gasteiger partial charge is 0.506 e. The summed E-state index contributed by atoms with van der Waals surface area (Å²) < 4.78 is 10.6. The lowest BCUT2D eigenvalue weighted by atomic mass is 9.99. The fourth-order valence-electron chi connectivity index (χ4n) is 2.35. The molecule has 1 saturated heterocycles. The molecule has 5 atom stereocenters. The molecule has 1 aliphatic rings. The summed E-state index contributed by atoms with van der Waals surface area (Å²) in [5.74, 6) is -0.152. The van der Waals surface area contributed by atoms with Crippen LogP contribution in [0.15, 0.2) is 6.20 Å². The second kappa shape index (κ2) is 7.49.